The fourth-order valence-corrected chi connectivity index (χ4v) is 3.20. The number of aromatic nitrogens is 3. The molecule has 6 nitrogen and oxygen atoms in total. The smallest absolute Gasteiger partial charge is 0.376 e. The van der Waals surface area contributed by atoms with Crippen LogP contribution in [-0.2, 0) is 22.0 Å². The molecule has 1 aromatic carbocycles. The second kappa shape index (κ2) is 6.13. The van der Waals surface area contributed by atoms with Gasteiger partial charge in [0.15, 0.2) is 5.60 Å². The third-order valence-electron chi connectivity index (χ3n) is 3.49. The van der Waals surface area contributed by atoms with Gasteiger partial charge in [-0.25, -0.2) is 26.9 Å². The number of hydrogen-bond acceptors (Lipinski definition) is 5. The molecule has 1 heterocycles. The third-order valence-corrected chi connectivity index (χ3v) is 5.37. The molecule has 0 radical (unpaired) electrons. The van der Waals surface area contributed by atoms with Crippen molar-refractivity contribution < 1.29 is 31.1 Å². The Morgan fingerprint density at radius 3 is 2.46 bits per heavy atom. The minimum atomic E-state index is -5.14. The molecule has 0 aliphatic heterocycles. The summed E-state index contributed by atoms with van der Waals surface area (Å²) >= 11 is 0. The summed E-state index contributed by atoms with van der Waals surface area (Å²) in [4.78, 5) is 3.49. The molecule has 11 heteroatoms. The number of hydrogen-bond donors (Lipinski definition) is 1. The number of nitrogens with zero attached hydrogens (tertiary/aromatic N) is 3. The van der Waals surface area contributed by atoms with E-state index in [2.05, 4.69) is 10.1 Å². The van der Waals surface area contributed by atoms with Gasteiger partial charge in [0.2, 0.25) is 9.84 Å². The molecular weight excluding hydrogens is 354 g/mol. The molecule has 1 aromatic heterocycles. The van der Waals surface area contributed by atoms with Crippen molar-refractivity contribution in [3.05, 3.63) is 48.1 Å². The highest BCUT2D eigenvalue weighted by Crippen LogP contribution is 2.44. The summed E-state index contributed by atoms with van der Waals surface area (Å²) < 4.78 is 80.7. The fourth-order valence-electron chi connectivity index (χ4n) is 2.15. The van der Waals surface area contributed by atoms with E-state index in [0.29, 0.717) is 12.1 Å². The van der Waals surface area contributed by atoms with Gasteiger partial charge in [-0.15, -0.1) is 0 Å². The predicted octanol–water partition coefficient (Wildman–Crippen LogP) is 1.47. The van der Waals surface area contributed by atoms with Crippen LogP contribution in [0.5, 0.6) is 0 Å². The first kappa shape index (κ1) is 18.3. The zero-order chi connectivity index (χ0) is 18.2. The number of rotatable bonds is 6. The second-order valence-corrected chi connectivity index (χ2v) is 7.32. The summed E-state index contributed by atoms with van der Waals surface area (Å²) in [5, 5.41) is 9.29. The molecule has 0 saturated heterocycles. The second-order valence-electron chi connectivity index (χ2n) is 5.00. The highest BCUT2D eigenvalue weighted by atomic mass is 32.2. The van der Waals surface area contributed by atoms with Crippen LogP contribution in [0.2, 0.25) is 0 Å². The number of aliphatic hydroxyl groups is 1. The summed E-state index contributed by atoms with van der Waals surface area (Å²) in [5.74, 6) is -3.58. The molecule has 0 bridgehead atoms. The zero-order valence-electron chi connectivity index (χ0n) is 12.3. The summed E-state index contributed by atoms with van der Waals surface area (Å²) in [6.45, 7) is -0.151. The highest BCUT2D eigenvalue weighted by molar-refractivity contribution is 7.92. The first-order chi connectivity index (χ1) is 11.0. The molecule has 0 unspecified atom stereocenters. The van der Waals surface area contributed by atoms with E-state index in [1.54, 1.807) is 0 Å². The number of halogens is 4. The molecule has 24 heavy (non-hydrogen) atoms. The van der Waals surface area contributed by atoms with Gasteiger partial charge in [0.1, 0.15) is 24.3 Å². The van der Waals surface area contributed by atoms with Gasteiger partial charge in [-0.2, -0.15) is 13.9 Å². The fraction of sp³-hybridized carbons (Fsp3) is 0.385. The number of benzene rings is 1. The van der Waals surface area contributed by atoms with Gasteiger partial charge in [0, 0.05) is 11.6 Å². The maximum atomic E-state index is 14.6. The molecule has 0 aliphatic carbocycles. The Balaban J connectivity index is 2.70. The molecular formula is C13H13F4N3O3S. The molecule has 132 valence electrons. The lowest BCUT2D eigenvalue weighted by Crippen LogP contribution is -2.54. The van der Waals surface area contributed by atoms with Crippen LogP contribution in [0.3, 0.4) is 0 Å². The van der Waals surface area contributed by atoms with E-state index >= 15 is 0 Å². The molecule has 1 atom stereocenters. The summed E-state index contributed by atoms with van der Waals surface area (Å²) in [6, 6.07) is 1.48. The van der Waals surface area contributed by atoms with Crippen LogP contribution in [0.4, 0.5) is 17.6 Å². The summed E-state index contributed by atoms with van der Waals surface area (Å²) in [5.41, 5.74) is -4.59. The normalized spacial score (nSPS) is 15.2. The van der Waals surface area contributed by atoms with E-state index in [-0.39, 0.29) is 6.07 Å². The van der Waals surface area contributed by atoms with Crippen molar-refractivity contribution >= 4 is 9.84 Å². The quantitative estimate of drug-likeness (QED) is 0.782. The largest absolute Gasteiger partial charge is 0.379 e. The maximum Gasteiger partial charge on any atom is 0.379 e. The highest BCUT2D eigenvalue weighted by Gasteiger charge is 2.63. The molecule has 0 spiro atoms. The van der Waals surface area contributed by atoms with E-state index in [9.17, 15) is 31.1 Å². The van der Waals surface area contributed by atoms with E-state index < -0.39 is 50.2 Å². The lowest BCUT2D eigenvalue weighted by Gasteiger charge is -2.35. The Morgan fingerprint density at radius 2 is 1.96 bits per heavy atom. The average molecular weight is 367 g/mol. The van der Waals surface area contributed by atoms with E-state index in [1.165, 1.54) is 0 Å². The van der Waals surface area contributed by atoms with Crippen LogP contribution in [-0.4, -0.2) is 39.3 Å². The van der Waals surface area contributed by atoms with Crippen molar-refractivity contribution in [1.29, 1.82) is 0 Å². The first-order valence-corrected chi connectivity index (χ1v) is 8.31. The van der Waals surface area contributed by atoms with Crippen LogP contribution in [0.1, 0.15) is 12.5 Å². The molecule has 1 N–H and O–H groups in total. The van der Waals surface area contributed by atoms with Crippen molar-refractivity contribution in [2.24, 2.45) is 0 Å². The Bertz CT molecular complexity index is 827. The predicted molar refractivity (Wildman–Crippen MR) is 74.7 cm³/mol. The van der Waals surface area contributed by atoms with Gasteiger partial charge in [0.25, 0.3) is 0 Å². The lowest BCUT2D eigenvalue weighted by atomic mass is 9.93. The van der Waals surface area contributed by atoms with Crippen LogP contribution < -0.4 is 0 Å². The number of alkyl halides is 2. The van der Waals surface area contributed by atoms with Crippen molar-refractivity contribution in [1.82, 2.24) is 14.8 Å². The first-order valence-electron chi connectivity index (χ1n) is 6.65. The Hall–Kier alpha value is -2.01. The molecule has 0 aliphatic rings. The van der Waals surface area contributed by atoms with Gasteiger partial charge in [0.05, 0.1) is 12.3 Å². The third kappa shape index (κ3) is 2.88. The zero-order valence-corrected chi connectivity index (χ0v) is 13.1. The monoisotopic (exact) mass is 367 g/mol. The van der Waals surface area contributed by atoms with Crippen LogP contribution in [0.15, 0.2) is 30.9 Å². The Morgan fingerprint density at radius 1 is 1.29 bits per heavy atom. The minimum Gasteiger partial charge on any atom is -0.376 e. The standard InChI is InChI=1S/C13H13F4N3O3S/c1-2-24(22,23)13(16,17)12(21,6-20-8-18-7-19-20)10-4-3-9(14)5-11(10)15/h3-5,7-8,21H,2,6H2,1H3/t12-/m1/s1. The lowest BCUT2D eigenvalue weighted by molar-refractivity contribution is -0.145. The van der Waals surface area contributed by atoms with Crippen LogP contribution in [0.25, 0.3) is 0 Å². The van der Waals surface area contributed by atoms with E-state index in [0.717, 1.165) is 24.3 Å². The summed E-state index contributed by atoms with van der Waals surface area (Å²) in [7, 11) is -5.14. The maximum absolute atomic E-state index is 14.6. The van der Waals surface area contributed by atoms with Crippen molar-refractivity contribution in [2.45, 2.75) is 24.3 Å². The average Bonchev–Trinajstić information content (AvgIpc) is 2.99. The van der Waals surface area contributed by atoms with E-state index in [4.69, 9.17) is 0 Å². The number of sulfone groups is 1. The van der Waals surface area contributed by atoms with Crippen LogP contribution in [0, 0.1) is 11.6 Å². The summed E-state index contributed by atoms with van der Waals surface area (Å²) in [6.07, 6.45) is 1.91. The van der Waals surface area contributed by atoms with Gasteiger partial charge >= 0.3 is 5.25 Å². The SMILES string of the molecule is CCS(=O)(=O)C(F)(F)[C@@](O)(Cn1cncn1)c1ccc(F)cc1F. The van der Waals surface area contributed by atoms with Gasteiger partial charge in [-0.1, -0.05) is 6.92 Å². The van der Waals surface area contributed by atoms with Gasteiger partial charge < -0.3 is 5.11 Å². The molecule has 0 saturated carbocycles. The molecule has 0 amide bonds. The molecule has 0 fully saturated rings. The topological polar surface area (TPSA) is 85.1 Å². The Labute approximate surface area is 134 Å². The molecule has 2 aromatic rings. The van der Waals surface area contributed by atoms with E-state index in [1.807, 2.05) is 0 Å². The van der Waals surface area contributed by atoms with Crippen molar-refractivity contribution in [3.8, 4) is 0 Å². The van der Waals surface area contributed by atoms with Crippen molar-refractivity contribution in [2.75, 3.05) is 5.75 Å². The Kier molecular flexibility index (Phi) is 4.68. The van der Waals surface area contributed by atoms with Crippen molar-refractivity contribution in [3.63, 3.8) is 0 Å². The minimum absolute atomic E-state index is 0.274. The van der Waals surface area contributed by atoms with Crippen LogP contribution >= 0.6 is 0 Å². The van der Waals surface area contributed by atoms with Gasteiger partial charge in [-0.3, -0.25) is 0 Å². The van der Waals surface area contributed by atoms with Gasteiger partial charge in [-0.05, 0) is 12.1 Å². The molecule has 2 rings (SSSR count).